The Bertz CT molecular complexity index is 1670. The summed E-state index contributed by atoms with van der Waals surface area (Å²) in [6.45, 7) is 1.29. The van der Waals surface area contributed by atoms with Crippen LogP contribution in [0.15, 0.2) is 72.3 Å². The number of hydrogen-bond donors (Lipinski definition) is 2. The van der Waals surface area contributed by atoms with E-state index >= 15 is 0 Å². The first-order valence-corrected chi connectivity index (χ1v) is 11.9. The number of carbonyl (C=O) groups excluding carboxylic acids is 1. The Balaban J connectivity index is 1.59. The molecule has 0 bridgehead atoms. The van der Waals surface area contributed by atoms with Crippen molar-refractivity contribution in [3.8, 4) is 10.4 Å². The van der Waals surface area contributed by atoms with Gasteiger partial charge in [-0.25, -0.2) is 23.4 Å². The Hall–Kier alpha value is -4.29. The van der Waals surface area contributed by atoms with Crippen LogP contribution in [0.5, 0.6) is 0 Å². The number of rotatable bonds is 7. The second-order valence-corrected chi connectivity index (χ2v) is 9.59. The van der Waals surface area contributed by atoms with Crippen molar-refractivity contribution in [1.29, 1.82) is 0 Å². The minimum absolute atomic E-state index is 0.203. The number of hydrogen-bond acceptors (Lipinski definition) is 7. The summed E-state index contributed by atoms with van der Waals surface area (Å²) in [7, 11) is 0. The second-order valence-electron chi connectivity index (χ2n) is 8.54. The predicted molar refractivity (Wildman–Crippen MR) is 133 cm³/mol. The molecule has 0 radical (unpaired) electrons. The van der Waals surface area contributed by atoms with Gasteiger partial charge in [0.2, 0.25) is 5.91 Å². The van der Waals surface area contributed by atoms with Crippen molar-refractivity contribution in [2.75, 3.05) is 0 Å². The Kier molecular flexibility index (Phi) is 6.13. The molecule has 1 amide bonds. The lowest BCUT2D eigenvalue weighted by atomic mass is 9.86. The molecule has 0 aliphatic carbocycles. The van der Waals surface area contributed by atoms with Gasteiger partial charge in [-0.3, -0.25) is 14.2 Å². The highest BCUT2D eigenvalue weighted by Crippen LogP contribution is 2.37. The van der Waals surface area contributed by atoms with E-state index in [1.165, 1.54) is 39.6 Å². The van der Waals surface area contributed by atoms with Crippen LogP contribution in [0.25, 0.3) is 20.7 Å². The zero-order valence-electron chi connectivity index (χ0n) is 19.4. The van der Waals surface area contributed by atoms with Gasteiger partial charge in [-0.2, -0.15) is 5.10 Å². The molecule has 9 nitrogen and oxygen atoms in total. The van der Waals surface area contributed by atoms with Crippen molar-refractivity contribution in [2.24, 2.45) is 5.73 Å². The highest BCUT2D eigenvalue weighted by molar-refractivity contribution is 7.22. The lowest BCUT2D eigenvalue weighted by Gasteiger charge is -2.35. The number of primary amides is 1. The third-order valence-electron chi connectivity index (χ3n) is 6.29. The average molecular weight is 523 g/mol. The molecule has 2 unspecified atom stereocenters. The van der Waals surface area contributed by atoms with Crippen molar-refractivity contribution < 1.29 is 18.7 Å². The van der Waals surface area contributed by atoms with Gasteiger partial charge in [0.05, 0.1) is 24.4 Å². The maximum atomic E-state index is 14.9. The first kappa shape index (κ1) is 24.4. The molecule has 2 atom stereocenters. The molecule has 12 heteroatoms. The number of nitrogens with zero attached hydrogens (tertiary/aromatic N) is 5. The molecule has 37 heavy (non-hydrogen) atoms. The molecule has 0 aliphatic heterocycles. The maximum Gasteiger partial charge on any atom is 0.271 e. The zero-order chi connectivity index (χ0) is 26.3. The Morgan fingerprint density at radius 2 is 1.92 bits per heavy atom. The fraction of sp³-hybridized carbons (Fsp3) is 0.160. The van der Waals surface area contributed by atoms with Gasteiger partial charge in [0.1, 0.15) is 34.6 Å². The van der Waals surface area contributed by atoms with E-state index in [1.54, 1.807) is 37.3 Å². The Morgan fingerprint density at radius 3 is 2.57 bits per heavy atom. The van der Waals surface area contributed by atoms with Crippen LogP contribution in [0, 0.1) is 11.6 Å². The summed E-state index contributed by atoms with van der Waals surface area (Å²) < 4.78 is 31.4. The van der Waals surface area contributed by atoms with Crippen LogP contribution in [0.3, 0.4) is 0 Å². The molecule has 0 aliphatic rings. The predicted octanol–water partition coefficient (Wildman–Crippen LogP) is 3.24. The molecule has 5 rings (SSSR count). The van der Waals surface area contributed by atoms with Gasteiger partial charge in [-0.1, -0.05) is 18.2 Å². The molecule has 5 aromatic rings. The summed E-state index contributed by atoms with van der Waals surface area (Å²) in [5.41, 5.74) is 4.21. The zero-order valence-corrected chi connectivity index (χ0v) is 20.2. The Morgan fingerprint density at radius 1 is 1.16 bits per heavy atom. The van der Waals surface area contributed by atoms with E-state index in [0.29, 0.717) is 21.8 Å². The highest BCUT2D eigenvalue weighted by Gasteiger charge is 2.41. The molecule has 188 valence electrons. The first-order chi connectivity index (χ1) is 17.7. The summed E-state index contributed by atoms with van der Waals surface area (Å²) in [5, 5.41) is 15.8. The van der Waals surface area contributed by atoms with Gasteiger partial charge < -0.3 is 10.8 Å². The third-order valence-corrected chi connectivity index (χ3v) is 7.45. The minimum Gasteiger partial charge on any atom is -0.381 e. The fourth-order valence-corrected chi connectivity index (χ4v) is 5.27. The van der Waals surface area contributed by atoms with E-state index in [0.717, 1.165) is 22.6 Å². The topological polar surface area (TPSA) is 129 Å². The number of amides is 1. The average Bonchev–Trinajstić information content (AvgIpc) is 3.54. The van der Waals surface area contributed by atoms with Gasteiger partial charge in [0, 0.05) is 22.1 Å². The third kappa shape index (κ3) is 4.41. The highest BCUT2D eigenvalue weighted by atomic mass is 32.1. The number of aliphatic hydroxyl groups is 1. The number of nitrogens with two attached hydrogens (primary N) is 1. The van der Waals surface area contributed by atoms with Gasteiger partial charge in [-0.05, 0) is 36.8 Å². The molecular weight excluding hydrogens is 502 g/mol. The summed E-state index contributed by atoms with van der Waals surface area (Å²) in [6, 6.07) is 10.2. The SMILES string of the molecule is CC(n1cnc2cc(-c3ccc(C(N)=O)cc3)sc2c1=O)C(O)(Cn1cncn1)c1ccc(F)cc1F. The largest absolute Gasteiger partial charge is 0.381 e. The van der Waals surface area contributed by atoms with E-state index in [2.05, 4.69) is 15.1 Å². The molecule has 2 aromatic carbocycles. The second kappa shape index (κ2) is 9.30. The van der Waals surface area contributed by atoms with Gasteiger partial charge in [0.25, 0.3) is 5.56 Å². The molecular formula is C25H20F2N6O3S. The number of fused-ring (bicyclic) bond motifs is 1. The fourth-order valence-electron chi connectivity index (χ4n) is 4.22. The van der Waals surface area contributed by atoms with Crippen LogP contribution in [0.4, 0.5) is 8.78 Å². The van der Waals surface area contributed by atoms with Crippen LogP contribution in [0.1, 0.15) is 28.9 Å². The number of thiophene rings is 1. The van der Waals surface area contributed by atoms with Crippen molar-refractivity contribution in [3.63, 3.8) is 0 Å². The van der Waals surface area contributed by atoms with Crippen LogP contribution >= 0.6 is 11.3 Å². The maximum absolute atomic E-state index is 14.9. The standard InChI is InChI=1S/C25H20F2N6O3S/c1-14(25(36,10-32-12-29-11-31-32)18-7-6-17(26)8-19(18)27)33-13-30-20-9-21(37-22(20)24(33)35)15-2-4-16(5-3-15)23(28)34/h2-9,11-14,36H,10H2,1H3,(H2,28,34). The Labute approximate surface area is 212 Å². The van der Waals surface area contributed by atoms with Gasteiger partial charge in [-0.15, -0.1) is 11.3 Å². The first-order valence-electron chi connectivity index (χ1n) is 11.1. The summed E-state index contributed by atoms with van der Waals surface area (Å²) in [5.74, 6) is -2.31. The summed E-state index contributed by atoms with van der Waals surface area (Å²) in [6.07, 6.45) is 3.89. The van der Waals surface area contributed by atoms with Gasteiger partial charge in [0.15, 0.2) is 0 Å². The smallest absolute Gasteiger partial charge is 0.271 e. The van der Waals surface area contributed by atoms with E-state index in [9.17, 15) is 23.5 Å². The lowest BCUT2D eigenvalue weighted by Crippen LogP contribution is -2.43. The molecule has 3 aromatic heterocycles. The monoisotopic (exact) mass is 522 g/mol. The lowest BCUT2D eigenvalue weighted by molar-refractivity contribution is -0.0343. The van der Waals surface area contributed by atoms with E-state index in [4.69, 9.17) is 5.73 Å². The van der Waals surface area contributed by atoms with Crippen molar-refractivity contribution in [2.45, 2.75) is 25.1 Å². The van der Waals surface area contributed by atoms with Crippen LogP contribution in [-0.2, 0) is 12.1 Å². The number of carbonyl (C=O) groups is 1. The van der Waals surface area contributed by atoms with Crippen molar-refractivity contribution in [3.05, 3.63) is 101 Å². The number of halogens is 2. The van der Waals surface area contributed by atoms with E-state index in [-0.39, 0.29) is 12.1 Å². The minimum atomic E-state index is -2.02. The van der Waals surface area contributed by atoms with Gasteiger partial charge >= 0.3 is 0 Å². The molecule has 0 spiro atoms. The van der Waals surface area contributed by atoms with Crippen molar-refractivity contribution >= 4 is 27.5 Å². The van der Waals surface area contributed by atoms with E-state index in [1.807, 2.05) is 0 Å². The summed E-state index contributed by atoms with van der Waals surface area (Å²) in [4.78, 5) is 33.9. The van der Waals surface area contributed by atoms with Crippen LogP contribution < -0.4 is 11.3 Å². The number of aromatic nitrogens is 5. The van der Waals surface area contributed by atoms with E-state index < -0.39 is 34.7 Å². The quantitative estimate of drug-likeness (QED) is 0.338. The molecule has 3 heterocycles. The van der Waals surface area contributed by atoms with Crippen LogP contribution in [-0.4, -0.2) is 35.3 Å². The molecule has 0 saturated heterocycles. The normalized spacial score (nSPS) is 13.9. The molecule has 3 N–H and O–H groups in total. The molecule has 0 fully saturated rings. The number of benzene rings is 2. The summed E-state index contributed by atoms with van der Waals surface area (Å²) >= 11 is 1.19. The van der Waals surface area contributed by atoms with Crippen molar-refractivity contribution in [1.82, 2.24) is 24.3 Å². The molecule has 0 saturated carbocycles. The van der Waals surface area contributed by atoms with Crippen LogP contribution in [0.2, 0.25) is 0 Å².